The van der Waals surface area contributed by atoms with E-state index in [0.29, 0.717) is 0 Å². The molecule has 1 fully saturated rings. The molecule has 2 aliphatic rings. The summed E-state index contributed by atoms with van der Waals surface area (Å²) in [6.45, 7) is 1.62. The predicted octanol–water partition coefficient (Wildman–Crippen LogP) is -0.0731. The lowest BCUT2D eigenvalue weighted by Gasteiger charge is -2.36. The minimum absolute atomic E-state index is 0.0348. The molecule has 88 valence electrons. The molecular formula is C10H16N4O2. The lowest BCUT2D eigenvalue weighted by Crippen LogP contribution is -2.59. The van der Waals surface area contributed by atoms with Crippen molar-refractivity contribution in [1.29, 1.82) is 0 Å². The molecule has 2 atom stereocenters. The number of allylic oxidation sites excluding steroid dienone is 1. The van der Waals surface area contributed by atoms with Crippen molar-refractivity contribution in [2.45, 2.75) is 24.5 Å². The molecule has 6 nitrogen and oxygen atoms in total. The van der Waals surface area contributed by atoms with Gasteiger partial charge in [0.05, 0.1) is 0 Å². The van der Waals surface area contributed by atoms with Crippen LogP contribution in [0, 0.1) is 16.0 Å². The van der Waals surface area contributed by atoms with E-state index in [1.807, 2.05) is 0 Å². The van der Waals surface area contributed by atoms with Crippen molar-refractivity contribution >= 4 is 6.21 Å². The van der Waals surface area contributed by atoms with Gasteiger partial charge in [-0.15, -0.1) is 0 Å². The third-order valence-corrected chi connectivity index (χ3v) is 3.48. The maximum Gasteiger partial charge on any atom is 0.278 e. The van der Waals surface area contributed by atoms with Gasteiger partial charge < -0.3 is 11.1 Å². The number of dihydropyridines is 1. The molecular weight excluding hydrogens is 208 g/mol. The van der Waals surface area contributed by atoms with Crippen LogP contribution in [0.25, 0.3) is 0 Å². The first-order valence-electron chi connectivity index (χ1n) is 5.49. The average molecular weight is 224 g/mol. The van der Waals surface area contributed by atoms with E-state index >= 15 is 0 Å². The van der Waals surface area contributed by atoms with E-state index in [1.54, 1.807) is 12.2 Å². The van der Waals surface area contributed by atoms with Gasteiger partial charge in [0.1, 0.15) is 0 Å². The summed E-state index contributed by atoms with van der Waals surface area (Å²) in [6.07, 6.45) is 5.56. The Hall–Kier alpha value is -1.27. The molecule has 2 unspecified atom stereocenters. The summed E-state index contributed by atoms with van der Waals surface area (Å²) in [4.78, 5) is 15.1. The van der Waals surface area contributed by atoms with E-state index < -0.39 is 11.7 Å². The standard InChI is InChI=1S/C10H16N4O2/c11-9-10(14(15)16,4-1-5-13-9)8-2-6-12-7-3-8/h1,4-5,8-9,12H,2-3,6-7,11H2. The number of piperidine rings is 1. The molecule has 2 rings (SSSR count). The van der Waals surface area contributed by atoms with Gasteiger partial charge in [-0.05, 0) is 38.1 Å². The number of nitrogens with zero attached hydrogens (tertiary/aromatic N) is 2. The van der Waals surface area contributed by atoms with E-state index in [0.717, 1.165) is 25.9 Å². The number of nitrogens with one attached hydrogen (secondary N) is 1. The summed E-state index contributed by atoms with van der Waals surface area (Å²) in [5, 5.41) is 14.6. The van der Waals surface area contributed by atoms with Crippen molar-refractivity contribution in [3.63, 3.8) is 0 Å². The zero-order valence-electron chi connectivity index (χ0n) is 9.00. The van der Waals surface area contributed by atoms with E-state index in [2.05, 4.69) is 10.3 Å². The third-order valence-electron chi connectivity index (χ3n) is 3.48. The Morgan fingerprint density at radius 2 is 2.19 bits per heavy atom. The molecule has 0 aromatic carbocycles. The Morgan fingerprint density at radius 3 is 2.75 bits per heavy atom. The minimum atomic E-state index is -1.21. The van der Waals surface area contributed by atoms with Crippen LogP contribution in [-0.4, -0.2) is 35.9 Å². The molecule has 0 radical (unpaired) electrons. The topological polar surface area (TPSA) is 93.5 Å². The lowest BCUT2D eigenvalue weighted by atomic mass is 9.75. The summed E-state index contributed by atoms with van der Waals surface area (Å²) in [6, 6.07) is 0. The average Bonchev–Trinajstić information content (AvgIpc) is 2.30. The second kappa shape index (κ2) is 4.31. The predicted molar refractivity (Wildman–Crippen MR) is 60.9 cm³/mol. The number of hydrogen-bond donors (Lipinski definition) is 2. The van der Waals surface area contributed by atoms with Gasteiger partial charge in [0.2, 0.25) is 0 Å². The van der Waals surface area contributed by atoms with Crippen LogP contribution >= 0.6 is 0 Å². The van der Waals surface area contributed by atoms with Gasteiger partial charge >= 0.3 is 0 Å². The molecule has 0 bridgehead atoms. The highest BCUT2D eigenvalue weighted by atomic mass is 16.6. The molecule has 2 aliphatic heterocycles. The highest BCUT2D eigenvalue weighted by Crippen LogP contribution is 2.34. The third kappa shape index (κ3) is 1.64. The van der Waals surface area contributed by atoms with Gasteiger partial charge in [-0.1, -0.05) is 0 Å². The summed E-state index contributed by atoms with van der Waals surface area (Å²) in [5.41, 5.74) is 4.62. The SMILES string of the molecule is NC1N=CC=CC1(C1CCNCC1)[N+](=O)[O-]. The van der Waals surface area contributed by atoms with Crippen molar-refractivity contribution in [2.24, 2.45) is 16.6 Å². The molecule has 1 saturated heterocycles. The fraction of sp³-hybridized carbons (Fsp3) is 0.700. The first kappa shape index (κ1) is 11.2. The Balaban J connectivity index is 2.31. The Morgan fingerprint density at radius 1 is 1.50 bits per heavy atom. The van der Waals surface area contributed by atoms with Gasteiger partial charge in [-0.2, -0.15) is 0 Å². The van der Waals surface area contributed by atoms with Gasteiger partial charge in [-0.3, -0.25) is 15.1 Å². The number of hydrogen-bond acceptors (Lipinski definition) is 5. The zero-order chi connectivity index (χ0) is 11.6. The fourth-order valence-corrected chi connectivity index (χ4v) is 2.54. The molecule has 16 heavy (non-hydrogen) atoms. The molecule has 0 amide bonds. The largest absolute Gasteiger partial charge is 0.317 e. The number of nitrogens with two attached hydrogens (primary N) is 1. The van der Waals surface area contributed by atoms with Crippen LogP contribution in [-0.2, 0) is 0 Å². The molecule has 0 aromatic rings. The normalized spacial score (nSPS) is 35.2. The highest BCUT2D eigenvalue weighted by molar-refractivity contribution is 5.73. The molecule has 0 saturated carbocycles. The first-order chi connectivity index (χ1) is 7.68. The van der Waals surface area contributed by atoms with Crippen LogP contribution in [0.5, 0.6) is 0 Å². The zero-order valence-corrected chi connectivity index (χ0v) is 9.00. The first-order valence-corrected chi connectivity index (χ1v) is 5.49. The molecule has 0 aromatic heterocycles. The number of aliphatic imine (C=N–C) groups is 1. The molecule has 0 spiro atoms. The maximum atomic E-state index is 11.4. The van der Waals surface area contributed by atoms with Crippen molar-refractivity contribution in [3.05, 3.63) is 22.3 Å². The quantitative estimate of drug-likeness (QED) is 0.507. The van der Waals surface area contributed by atoms with E-state index in [-0.39, 0.29) is 10.8 Å². The summed E-state index contributed by atoms with van der Waals surface area (Å²) >= 11 is 0. The number of rotatable bonds is 2. The van der Waals surface area contributed by atoms with Crippen molar-refractivity contribution in [2.75, 3.05) is 13.1 Å². The molecule has 2 heterocycles. The molecule has 3 N–H and O–H groups in total. The maximum absolute atomic E-state index is 11.4. The van der Waals surface area contributed by atoms with Gasteiger partial charge in [-0.25, -0.2) is 0 Å². The summed E-state index contributed by atoms with van der Waals surface area (Å²) < 4.78 is 0. The highest BCUT2D eigenvalue weighted by Gasteiger charge is 2.54. The van der Waals surface area contributed by atoms with E-state index in [1.165, 1.54) is 6.21 Å². The van der Waals surface area contributed by atoms with Gasteiger partial charge in [0, 0.05) is 17.1 Å². The Labute approximate surface area is 93.8 Å². The Kier molecular flexibility index (Phi) is 3.02. The van der Waals surface area contributed by atoms with Crippen LogP contribution in [0.3, 0.4) is 0 Å². The van der Waals surface area contributed by atoms with Crippen molar-refractivity contribution < 1.29 is 4.92 Å². The number of nitro groups is 1. The van der Waals surface area contributed by atoms with E-state index in [4.69, 9.17) is 5.73 Å². The van der Waals surface area contributed by atoms with Gasteiger partial charge in [0.15, 0.2) is 6.17 Å². The van der Waals surface area contributed by atoms with Gasteiger partial charge in [0.25, 0.3) is 5.54 Å². The van der Waals surface area contributed by atoms with Crippen LogP contribution in [0.4, 0.5) is 0 Å². The molecule has 0 aliphatic carbocycles. The molecule has 6 heteroatoms. The monoisotopic (exact) mass is 224 g/mol. The van der Waals surface area contributed by atoms with E-state index in [9.17, 15) is 10.1 Å². The van der Waals surface area contributed by atoms with Crippen molar-refractivity contribution in [3.8, 4) is 0 Å². The van der Waals surface area contributed by atoms with Crippen LogP contribution in [0.1, 0.15) is 12.8 Å². The van der Waals surface area contributed by atoms with Crippen molar-refractivity contribution in [1.82, 2.24) is 5.32 Å². The second-order valence-electron chi connectivity index (χ2n) is 4.27. The Bertz CT molecular complexity index is 336. The minimum Gasteiger partial charge on any atom is -0.317 e. The summed E-state index contributed by atoms with van der Waals surface area (Å²) in [5.74, 6) is -0.0348. The second-order valence-corrected chi connectivity index (χ2v) is 4.27. The lowest BCUT2D eigenvalue weighted by molar-refractivity contribution is -0.570. The fourth-order valence-electron chi connectivity index (χ4n) is 2.54. The summed E-state index contributed by atoms with van der Waals surface area (Å²) in [7, 11) is 0. The van der Waals surface area contributed by atoms with Crippen LogP contribution < -0.4 is 11.1 Å². The smallest absolute Gasteiger partial charge is 0.278 e. The van der Waals surface area contributed by atoms with Crippen LogP contribution in [0.15, 0.2) is 17.1 Å². The van der Waals surface area contributed by atoms with Crippen LogP contribution in [0.2, 0.25) is 0 Å².